The summed E-state index contributed by atoms with van der Waals surface area (Å²) >= 11 is 0. The van der Waals surface area contributed by atoms with Gasteiger partial charge in [-0.3, -0.25) is 0 Å². The van der Waals surface area contributed by atoms with Crippen molar-refractivity contribution in [2.24, 2.45) is 0 Å². The quantitative estimate of drug-likeness (QED) is 0.544. The number of rotatable bonds is 1. The molecule has 1 aliphatic rings. The highest BCUT2D eigenvalue weighted by Gasteiger charge is 2.09. The zero-order valence-electron chi connectivity index (χ0n) is 6.76. The van der Waals surface area contributed by atoms with Gasteiger partial charge in [-0.2, -0.15) is 0 Å². The van der Waals surface area contributed by atoms with E-state index in [1.807, 2.05) is 0 Å². The first-order chi connectivity index (χ1) is 5.33. The van der Waals surface area contributed by atoms with Gasteiger partial charge >= 0.3 is 6.03 Å². The minimum Gasteiger partial charge on any atom is -0.341 e. The molecule has 0 aliphatic heterocycles. The number of amides is 2. The summed E-state index contributed by atoms with van der Waals surface area (Å²) in [5.74, 6) is 0. The van der Waals surface area contributed by atoms with Crippen LogP contribution in [0.2, 0.25) is 0 Å². The summed E-state index contributed by atoms with van der Waals surface area (Å²) < 4.78 is 0. The molecule has 1 aliphatic carbocycles. The van der Waals surface area contributed by atoms with Crippen molar-refractivity contribution in [2.45, 2.75) is 25.3 Å². The van der Waals surface area contributed by atoms with Crippen molar-refractivity contribution < 1.29 is 4.79 Å². The Labute approximate surface area is 66.9 Å². The number of hydrogen-bond acceptors (Lipinski definition) is 1. The summed E-state index contributed by atoms with van der Waals surface area (Å²) in [6.07, 6.45) is 7.55. The minimum absolute atomic E-state index is 0.0958. The van der Waals surface area contributed by atoms with Crippen LogP contribution in [-0.2, 0) is 0 Å². The van der Waals surface area contributed by atoms with Gasteiger partial charge in [0.1, 0.15) is 0 Å². The highest BCUT2D eigenvalue weighted by molar-refractivity contribution is 5.74. The van der Waals surface area contributed by atoms with E-state index in [0.29, 0.717) is 0 Å². The van der Waals surface area contributed by atoms with E-state index in [1.165, 1.54) is 6.42 Å². The van der Waals surface area contributed by atoms with Gasteiger partial charge in [0.15, 0.2) is 0 Å². The molecule has 0 saturated heterocycles. The van der Waals surface area contributed by atoms with Crippen LogP contribution in [0.1, 0.15) is 19.3 Å². The molecule has 3 nitrogen and oxygen atoms in total. The average Bonchev–Trinajstić information content (AvgIpc) is 2.06. The molecule has 0 bridgehead atoms. The Morgan fingerprint density at radius 1 is 1.64 bits per heavy atom. The Morgan fingerprint density at radius 2 is 2.45 bits per heavy atom. The standard InChI is InChI=1S/C8H14N2O/c1-9-8(11)10-7-5-3-2-4-6-7/h3,5,7H,2,4,6H2,1H3,(H2,9,10,11). The second-order valence-electron chi connectivity index (χ2n) is 2.69. The normalized spacial score (nSPS) is 22.8. The fourth-order valence-electron chi connectivity index (χ4n) is 1.17. The predicted octanol–water partition coefficient (Wildman–Crippen LogP) is 1.02. The zero-order valence-corrected chi connectivity index (χ0v) is 6.76. The molecule has 0 radical (unpaired) electrons. The molecule has 0 aromatic carbocycles. The first kappa shape index (κ1) is 8.11. The van der Waals surface area contributed by atoms with E-state index < -0.39 is 0 Å². The fraction of sp³-hybridized carbons (Fsp3) is 0.625. The molecule has 1 unspecified atom stereocenters. The SMILES string of the molecule is CNC(=O)NC1C=CCCC1. The second kappa shape index (κ2) is 4.01. The van der Waals surface area contributed by atoms with Gasteiger partial charge in [-0.25, -0.2) is 4.79 Å². The molecule has 2 N–H and O–H groups in total. The molecule has 0 fully saturated rings. The monoisotopic (exact) mass is 154 g/mol. The van der Waals surface area contributed by atoms with Crippen LogP contribution in [-0.4, -0.2) is 19.1 Å². The van der Waals surface area contributed by atoms with E-state index in [-0.39, 0.29) is 12.1 Å². The molecule has 1 rings (SSSR count). The maximum Gasteiger partial charge on any atom is 0.314 e. The van der Waals surface area contributed by atoms with E-state index in [4.69, 9.17) is 0 Å². The van der Waals surface area contributed by atoms with Crippen LogP contribution in [0, 0.1) is 0 Å². The third-order valence-electron chi connectivity index (χ3n) is 1.80. The van der Waals surface area contributed by atoms with Crippen LogP contribution >= 0.6 is 0 Å². The van der Waals surface area contributed by atoms with E-state index in [9.17, 15) is 4.79 Å². The van der Waals surface area contributed by atoms with Gasteiger partial charge in [0.05, 0.1) is 0 Å². The lowest BCUT2D eigenvalue weighted by Crippen LogP contribution is -2.40. The molecule has 0 aromatic heterocycles. The third kappa shape index (κ3) is 2.62. The maximum atomic E-state index is 10.8. The maximum absolute atomic E-state index is 10.8. The lowest BCUT2D eigenvalue weighted by molar-refractivity contribution is 0.240. The van der Waals surface area contributed by atoms with Crippen molar-refractivity contribution in [3.05, 3.63) is 12.2 Å². The molecule has 1 atom stereocenters. The largest absolute Gasteiger partial charge is 0.341 e. The van der Waals surface area contributed by atoms with Crippen molar-refractivity contribution in [3.63, 3.8) is 0 Å². The molecule has 2 amide bonds. The molecule has 11 heavy (non-hydrogen) atoms. The fourth-order valence-corrected chi connectivity index (χ4v) is 1.17. The van der Waals surface area contributed by atoms with Gasteiger partial charge in [-0.05, 0) is 19.3 Å². The first-order valence-electron chi connectivity index (χ1n) is 3.98. The van der Waals surface area contributed by atoms with Crippen LogP contribution in [0.25, 0.3) is 0 Å². The Bertz CT molecular complexity index is 165. The second-order valence-corrected chi connectivity index (χ2v) is 2.69. The molecular weight excluding hydrogens is 140 g/mol. The number of allylic oxidation sites excluding steroid dienone is 1. The van der Waals surface area contributed by atoms with Crippen LogP contribution in [0.5, 0.6) is 0 Å². The molecule has 0 heterocycles. The summed E-state index contributed by atoms with van der Waals surface area (Å²) in [5, 5.41) is 5.36. The number of nitrogens with one attached hydrogen (secondary N) is 2. The topological polar surface area (TPSA) is 41.1 Å². The van der Waals surface area contributed by atoms with Crippen molar-refractivity contribution in [1.82, 2.24) is 10.6 Å². The number of hydrogen-bond donors (Lipinski definition) is 2. The molecule has 0 saturated carbocycles. The summed E-state index contributed by atoms with van der Waals surface area (Å²) in [6.45, 7) is 0. The van der Waals surface area contributed by atoms with E-state index in [0.717, 1.165) is 12.8 Å². The van der Waals surface area contributed by atoms with Crippen molar-refractivity contribution >= 4 is 6.03 Å². The van der Waals surface area contributed by atoms with Gasteiger partial charge in [0.2, 0.25) is 0 Å². The van der Waals surface area contributed by atoms with Gasteiger partial charge in [-0.15, -0.1) is 0 Å². The summed E-state index contributed by atoms with van der Waals surface area (Å²) in [4.78, 5) is 10.8. The Morgan fingerprint density at radius 3 is 3.00 bits per heavy atom. The summed E-state index contributed by atoms with van der Waals surface area (Å²) in [6, 6.07) is 0.144. The summed E-state index contributed by atoms with van der Waals surface area (Å²) in [7, 11) is 1.63. The van der Waals surface area contributed by atoms with Gasteiger partial charge in [0, 0.05) is 13.1 Å². The number of carbonyl (C=O) groups is 1. The van der Waals surface area contributed by atoms with Gasteiger partial charge < -0.3 is 10.6 Å². The zero-order chi connectivity index (χ0) is 8.10. The minimum atomic E-state index is -0.0958. The lowest BCUT2D eigenvalue weighted by atomic mass is 10.0. The van der Waals surface area contributed by atoms with Gasteiger partial charge in [0.25, 0.3) is 0 Å². The average molecular weight is 154 g/mol. The van der Waals surface area contributed by atoms with Crippen molar-refractivity contribution in [3.8, 4) is 0 Å². The Hall–Kier alpha value is -0.990. The molecule has 62 valence electrons. The highest BCUT2D eigenvalue weighted by atomic mass is 16.2. The lowest BCUT2D eigenvalue weighted by Gasteiger charge is -2.17. The Balaban J connectivity index is 2.30. The van der Waals surface area contributed by atoms with E-state index in [2.05, 4.69) is 22.8 Å². The van der Waals surface area contributed by atoms with Crippen LogP contribution in [0.4, 0.5) is 4.79 Å². The van der Waals surface area contributed by atoms with Crippen LogP contribution in [0.3, 0.4) is 0 Å². The Kier molecular flexibility index (Phi) is 2.95. The number of urea groups is 1. The van der Waals surface area contributed by atoms with Gasteiger partial charge in [-0.1, -0.05) is 12.2 Å². The molecule has 0 spiro atoms. The molecule has 3 heteroatoms. The van der Waals surface area contributed by atoms with E-state index >= 15 is 0 Å². The third-order valence-corrected chi connectivity index (χ3v) is 1.80. The molecular formula is C8H14N2O. The van der Waals surface area contributed by atoms with Crippen molar-refractivity contribution in [1.29, 1.82) is 0 Å². The van der Waals surface area contributed by atoms with Crippen LogP contribution in [0.15, 0.2) is 12.2 Å². The first-order valence-corrected chi connectivity index (χ1v) is 3.98. The molecule has 0 aromatic rings. The van der Waals surface area contributed by atoms with Crippen molar-refractivity contribution in [2.75, 3.05) is 7.05 Å². The van der Waals surface area contributed by atoms with E-state index in [1.54, 1.807) is 7.05 Å². The number of carbonyl (C=O) groups excluding carboxylic acids is 1. The van der Waals surface area contributed by atoms with Crippen LogP contribution < -0.4 is 10.6 Å². The smallest absolute Gasteiger partial charge is 0.314 e. The predicted molar refractivity (Wildman–Crippen MR) is 44.4 cm³/mol. The summed E-state index contributed by atoms with van der Waals surface area (Å²) in [5.41, 5.74) is 0. The highest BCUT2D eigenvalue weighted by Crippen LogP contribution is 2.09.